The van der Waals surface area contributed by atoms with E-state index < -0.39 is 0 Å². The molecule has 0 bridgehead atoms. The van der Waals surface area contributed by atoms with Crippen molar-refractivity contribution in [2.24, 2.45) is 5.92 Å². The van der Waals surface area contributed by atoms with Crippen molar-refractivity contribution in [3.63, 3.8) is 0 Å². The first-order chi connectivity index (χ1) is 10.6. The number of carbonyl (C=O) groups excluding carboxylic acids is 1. The van der Waals surface area contributed by atoms with Crippen molar-refractivity contribution in [3.8, 4) is 12.3 Å². The highest BCUT2D eigenvalue weighted by atomic mass is 35.5. The van der Waals surface area contributed by atoms with Crippen molar-refractivity contribution in [2.75, 3.05) is 0 Å². The Bertz CT molecular complexity index is 762. The molecule has 2 aromatic rings. The van der Waals surface area contributed by atoms with E-state index in [9.17, 15) is 4.79 Å². The molecule has 1 aliphatic rings. The van der Waals surface area contributed by atoms with Crippen LogP contribution in [-0.2, 0) is 0 Å². The number of nitrogens with one attached hydrogen (secondary N) is 2. The monoisotopic (exact) mass is 327 g/mol. The summed E-state index contributed by atoms with van der Waals surface area (Å²) in [5.74, 6) is 2.80. The zero-order valence-electron chi connectivity index (χ0n) is 12.1. The Balaban J connectivity index is 1.83. The van der Waals surface area contributed by atoms with Crippen LogP contribution in [0.2, 0.25) is 5.02 Å². The lowest BCUT2D eigenvalue weighted by Crippen LogP contribution is -2.41. The van der Waals surface area contributed by atoms with E-state index in [4.69, 9.17) is 18.0 Å². The maximum absolute atomic E-state index is 12.5. The Kier molecular flexibility index (Phi) is 4.28. The van der Waals surface area contributed by atoms with Crippen molar-refractivity contribution in [2.45, 2.75) is 31.7 Å². The fraction of sp³-hybridized carbons (Fsp3) is 0.353. The molecular weight excluding hydrogens is 312 g/mol. The Morgan fingerprint density at radius 2 is 2.14 bits per heavy atom. The summed E-state index contributed by atoms with van der Waals surface area (Å²) in [6.45, 7) is 0. The highest BCUT2D eigenvalue weighted by Gasteiger charge is 2.25. The Morgan fingerprint density at radius 1 is 1.36 bits per heavy atom. The molecule has 0 spiro atoms. The molecule has 1 fully saturated rings. The van der Waals surface area contributed by atoms with Crippen LogP contribution in [0, 0.1) is 18.3 Å². The van der Waals surface area contributed by atoms with Crippen LogP contribution in [-0.4, -0.2) is 27.2 Å². The van der Waals surface area contributed by atoms with Gasteiger partial charge in [0.15, 0.2) is 0 Å². The first kappa shape index (κ1) is 15.2. The van der Waals surface area contributed by atoms with Crippen molar-refractivity contribution in [1.29, 1.82) is 0 Å². The standard InChI is InChI=1S/C17H16ClN2OSi/c1-2-10-5-3-4-6-14(10)20-17(21)16-9-12-13(18)7-11(22)8-15(12)19-16/h1,7-10,14,19H,3-6H2,(H,20,21). The van der Waals surface area contributed by atoms with Gasteiger partial charge in [0.2, 0.25) is 0 Å². The van der Waals surface area contributed by atoms with E-state index in [0.717, 1.165) is 41.8 Å². The van der Waals surface area contributed by atoms with Crippen LogP contribution < -0.4 is 10.5 Å². The van der Waals surface area contributed by atoms with E-state index in [1.54, 1.807) is 6.07 Å². The van der Waals surface area contributed by atoms with Crippen LogP contribution in [0.25, 0.3) is 10.9 Å². The molecule has 3 rings (SSSR count). The summed E-state index contributed by atoms with van der Waals surface area (Å²) >= 11 is 6.21. The molecule has 1 heterocycles. The van der Waals surface area contributed by atoms with Crippen LogP contribution in [0.15, 0.2) is 18.2 Å². The lowest BCUT2D eigenvalue weighted by Gasteiger charge is -2.28. The molecular formula is C17H16ClN2OSi. The first-order valence-electron chi connectivity index (χ1n) is 7.39. The predicted molar refractivity (Wildman–Crippen MR) is 90.7 cm³/mol. The molecule has 0 aliphatic heterocycles. The van der Waals surface area contributed by atoms with Crippen LogP contribution in [0.1, 0.15) is 36.2 Å². The summed E-state index contributed by atoms with van der Waals surface area (Å²) in [4.78, 5) is 15.6. The summed E-state index contributed by atoms with van der Waals surface area (Å²) in [7, 11) is 3.45. The molecule has 3 nitrogen and oxygen atoms in total. The van der Waals surface area contributed by atoms with Gasteiger partial charge in [-0.3, -0.25) is 4.79 Å². The number of carbonyl (C=O) groups is 1. The molecule has 1 saturated carbocycles. The number of aromatic nitrogens is 1. The van der Waals surface area contributed by atoms with Gasteiger partial charge in [-0.15, -0.1) is 12.3 Å². The second-order valence-corrected chi connectivity index (χ2v) is 6.72. The molecule has 1 amide bonds. The molecule has 1 aromatic heterocycles. The summed E-state index contributed by atoms with van der Waals surface area (Å²) in [6.07, 6.45) is 9.73. The van der Waals surface area contributed by atoms with Gasteiger partial charge in [-0.1, -0.05) is 29.6 Å². The summed E-state index contributed by atoms with van der Waals surface area (Å²) in [6, 6.07) is 5.55. The number of fused-ring (bicyclic) bond motifs is 1. The van der Waals surface area contributed by atoms with E-state index in [-0.39, 0.29) is 17.9 Å². The summed E-state index contributed by atoms with van der Waals surface area (Å²) in [5, 5.41) is 5.38. The van der Waals surface area contributed by atoms with Gasteiger partial charge in [-0.2, -0.15) is 0 Å². The Hall–Kier alpha value is -1.70. The summed E-state index contributed by atoms with van der Waals surface area (Å²) in [5.41, 5.74) is 1.34. The van der Waals surface area contributed by atoms with Gasteiger partial charge < -0.3 is 10.3 Å². The number of benzene rings is 1. The lowest BCUT2D eigenvalue weighted by atomic mass is 9.85. The second kappa shape index (κ2) is 6.19. The largest absolute Gasteiger partial charge is 0.350 e. The number of halogens is 1. The molecule has 3 radical (unpaired) electrons. The molecule has 1 aromatic carbocycles. The molecule has 1 aliphatic carbocycles. The molecule has 2 N–H and O–H groups in total. The van der Waals surface area contributed by atoms with Gasteiger partial charge in [0.1, 0.15) is 5.69 Å². The molecule has 111 valence electrons. The average molecular weight is 328 g/mol. The van der Waals surface area contributed by atoms with Crippen molar-refractivity contribution in [1.82, 2.24) is 10.3 Å². The van der Waals surface area contributed by atoms with Crippen LogP contribution in [0.5, 0.6) is 0 Å². The third-order valence-electron chi connectivity index (χ3n) is 4.23. The Morgan fingerprint density at radius 3 is 2.91 bits per heavy atom. The lowest BCUT2D eigenvalue weighted by molar-refractivity contribution is 0.0913. The highest BCUT2D eigenvalue weighted by Crippen LogP contribution is 2.25. The van der Waals surface area contributed by atoms with E-state index in [2.05, 4.69) is 26.5 Å². The normalized spacial score (nSPS) is 21.5. The van der Waals surface area contributed by atoms with E-state index in [1.807, 2.05) is 12.1 Å². The Labute approximate surface area is 138 Å². The predicted octanol–water partition coefficient (Wildman–Crippen LogP) is 2.54. The van der Waals surface area contributed by atoms with Crippen molar-refractivity contribution >= 4 is 43.8 Å². The van der Waals surface area contributed by atoms with Crippen molar-refractivity contribution in [3.05, 3.63) is 28.9 Å². The zero-order valence-corrected chi connectivity index (χ0v) is 13.8. The second-order valence-electron chi connectivity index (χ2n) is 5.74. The van der Waals surface area contributed by atoms with Gasteiger partial charge in [-0.05, 0) is 31.0 Å². The number of terminal acetylenes is 1. The van der Waals surface area contributed by atoms with Gasteiger partial charge in [0.25, 0.3) is 5.91 Å². The zero-order chi connectivity index (χ0) is 15.7. The fourth-order valence-corrected chi connectivity index (χ4v) is 3.72. The van der Waals surface area contributed by atoms with Crippen molar-refractivity contribution < 1.29 is 4.79 Å². The van der Waals surface area contributed by atoms with E-state index >= 15 is 0 Å². The maximum atomic E-state index is 12.5. The minimum atomic E-state index is -0.130. The van der Waals surface area contributed by atoms with E-state index in [1.165, 1.54) is 0 Å². The average Bonchev–Trinajstić information content (AvgIpc) is 2.92. The van der Waals surface area contributed by atoms with Gasteiger partial charge >= 0.3 is 0 Å². The number of aromatic amines is 1. The van der Waals surface area contributed by atoms with Gasteiger partial charge in [-0.25, -0.2) is 0 Å². The molecule has 0 saturated heterocycles. The number of H-pyrrole nitrogens is 1. The maximum Gasteiger partial charge on any atom is 0.267 e. The molecule has 2 atom stereocenters. The summed E-state index contributed by atoms with van der Waals surface area (Å²) < 4.78 is 0. The number of rotatable bonds is 2. The van der Waals surface area contributed by atoms with Crippen LogP contribution in [0.3, 0.4) is 0 Å². The fourth-order valence-electron chi connectivity index (χ4n) is 3.07. The number of amides is 1. The minimum absolute atomic E-state index is 0.0551. The van der Waals surface area contributed by atoms with E-state index in [0.29, 0.717) is 10.7 Å². The van der Waals surface area contributed by atoms with Gasteiger partial charge in [0, 0.05) is 27.9 Å². The smallest absolute Gasteiger partial charge is 0.267 e. The number of hydrogen-bond donors (Lipinski definition) is 2. The van der Waals surface area contributed by atoms with Crippen LogP contribution in [0.4, 0.5) is 0 Å². The quantitative estimate of drug-likeness (QED) is 0.646. The van der Waals surface area contributed by atoms with Gasteiger partial charge in [0.05, 0.1) is 10.2 Å². The number of hydrogen-bond acceptors (Lipinski definition) is 1. The highest BCUT2D eigenvalue weighted by molar-refractivity contribution is 6.40. The third-order valence-corrected chi connectivity index (χ3v) is 4.83. The SMILES string of the molecule is C#CC1CCCCC1NC(=O)c1cc2c(Cl)cc([Si])cc2[nH]1. The topological polar surface area (TPSA) is 44.9 Å². The third kappa shape index (κ3) is 2.92. The molecule has 22 heavy (non-hydrogen) atoms. The first-order valence-corrected chi connectivity index (χ1v) is 8.27. The minimum Gasteiger partial charge on any atom is -0.350 e. The molecule has 5 heteroatoms. The van der Waals surface area contributed by atoms with Crippen LogP contribution >= 0.6 is 11.6 Å². The molecule has 2 unspecified atom stereocenters.